The number of hydrogen-bond donors (Lipinski definition) is 9. The fourth-order valence-corrected chi connectivity index (χ4v) is 5.62. The lowest BCUT2D eigenvalue weighted by Gasteiger charge is -2.20. The molecule has 0 rings (SSSR count). The molecule has 25 heteroatoms. The molecule has 0 spiro atoms. The maximum Gasteiger partial charge on any atom is 0.407 e. The minimum Gasteiger partial charge on any atom is -0.478 e. The lowest BCUT2D eigenvalue weighted by Crippen LogP contribution is -2.38. The smallest absolute Gasteiger partial charge is 0.407 e. The van der Waals surface area contributed by atoms with Gasteiger partial charge in [0.25, 0.3) is 0 Å². The van der Waals surface area contributed by atoms with E-state index in [2.05, 4.69) is 121 Å². The van der Waals surface area contributed by atoms with Crippen LogP contribution in [0.1, 0.15) is 107 Å². The summed E-state index contributed by atoms with van der Waals surface area (Å²) < 4.78 is 5.09. The summed E-state index contributed by atoms with van der Waals surface area (Å²) in [6.07, 6.45) is 42.7. The molecule has 0 fully saturated rings. The normalized spacial score (nSPS) is 10.7. The van der Waals surface area contributed by atoms with Crippen molar-refractivity contribution < 1.29 is 62.6 Å². The molecular formula is C63H116N12O13. The Labute approximate surface area is 527 Å². The lowest BCUT2D eigenvalue weighted by molar-refractivity contribution is -0.193. The Morgan fingerprint density at radius 1 is 0.455 bits per heavy atom. The van der Waals surface area contributed by atoms with Gasteiger partial charge in [0.05, 0.1) is 0 Å². The molecule has 506 valence electrons. The van der Waals surface area contributed by atoms with Gasteiger partial charge < -0.3 is 73.6 Å². The minimum atomic E-state index is -0.891. The standard InChI is InChI=1S/C31H49N3O2.C10H23N3O2.C9H19N3O.C5H15N3.C4H6O2.3CO2.CH4/c1-4-6-7-8-9-10-11-12-13-14-15-16-17-18-19-20-21-22-23-25-31(36)33-27-29-34(3)28-26-32-30(35)24-5-2;1-10(2,3)15-9(14)12-6-8-13(4)7-5-11;1-3-4-9(13)11-6-8-12(2)7-5-10;1-8(4-2-6)5-3-7;1-2-3-4(5)6;3*2-1-3;/h5-7,9-10,12-13,15-16,18-19,21-22,24H,4,8,11,14,17,20,23,25-29H2,1-3H3,(H,32,35)(H,33,36);5-8,11H2,1-4H3,(H,12,14);3-4H,5-8,10H2,1-2H3,(H,11,13);2-7H2,1H3;2-3H,1H3,(H,5,6);;;;1H4/b7-6-,10-9-,13-12-,16-15-,19-18-,22-21-,24-5+;;4-3+;;3-2+;;;;. The number of aliphatic carboxylic acids is 1. The Hall–Kier alpha value is -7.37. The summed E-state index contributed by atoms with van der Waals surface area (Å²) >= 11 is 0. The topological polar surface area (TPSA) is 382 Å². The number of alkyl carbamates (subject to hydrolysis) is 1. The summed E-state index contributed by atoms with van der Waals surface area (Å²) in [6.45, 7) is 24.8. The van der Waals surface area contributed by atoms with Crippen LogP contribution in [-0.2, 0) is 52.7 Å². The number of carbonyl (C=O) groups excluding carboxylic acids is 10. The molecule has 0 aliphatic rings. The highest BCUT2D eigenvalue weighted by molar-refractivity contribution is 5.87. The number of nitrogens with two attached hydrogens (primary N) is 4. The van der Waals surface area contributed by atoms with Crippen LogP contribution in [-0.4, -0.2) is 211 Å². The van der Waals surface area contributed by atoms with E-state index < -0.39 is 11.6 Å². The van der Waals surface area contributed by atoms with Crippen molar-refractivity contribution in [3.05, 3.63) is 109 Å². The van der Waals surface area contributed by atoms with E-state index in [-0.39, 0.29) is 49.7 Å². The molecule has 0 saturated heterocycles. The average Bonchev–Trinajstić information content (AvgIpc) is 3.48. The molecule has 0 aromatic heterocycles. The van der Waals surface area contributed by atoms with Gasteiger partial charge in [-0.1, -0.05) is 105 Å². The van der Waals surface area contributed by atoms with Crippen LogP contribution in [0.3, 0.4) is 0 Å². The quantitative estimate of drug-likeness (QED) is 0.0304. The number of nitrogens with one attached hydrogen (secondary N) is 4. The maximum atomic E-state index is 11.9. The van der Waals surface area contributed by atoms with Gasteiger partial charge in [-0.3, -0.25) is 14.4 Å². The molecule has 0 radical (unpaired) electrons. The summed E-state index contributed by atoms with van der Waals surface area (Å²) in [5, 5.41) is 19.0. The van der Waals surface area contributed by atoms with Gasteiger partial charge in [0.2, 0.25) is 17.7 Å². The van der Waals surface area contributed by atoms with Gasteiger partial charge in [0.15, 0.2) is 0 Å². The monoisotopic (exact) mass is 1250 g/mol. The van der Waals surface area contributed by atoms with Crippen molar-refractivity contribution in [3.8, 4) is 0 Å². The van der Waals surface area contributed by atoms with Crippen molar-refractivity contribution >= 4 is 48.2 Å². The number of amides is 4. The molecule has 0 unspecified atom stereocenters. The molecule has 0 heterocycles. The van der Waals surface area contributed by atoms with Crippen molar-refractivity contribution in [3.63, 3.8) is 0 Å². The second-order valence-corrected chi connectivity index (χ2v) is 18.8. The van der Waals surface area contributed by atoms with Crippen LogP contribution in [0, 0.1) is 0 Å². The van der Waals surface area contributed by atoms with E-state index in [1.165, 1.54) is 18.2 Å². The maximum absolute atomic E-state index is 11.9. The van der Waals surface area contributed by atoms with Crippen LogP contribution < -0.4 is 44.2 Å². The van der Waals surface area contributed by atoms with E-state index >= 15 is 0 Å². The van der Waals surface area contributed by atoms with Crippen molar-refractivity contribution in [2.45, 2.75) is 113 Å². The number of likely N-dealkylation sites (N-methyl/N-ethyl adjacent to an activating group) is 4. The second-order valence-electron chi connectivity index (χ2n) is 18.8. The number of nitrogens with zero attached hydrogens (tertiary/aromatic N) is 4. The summed E-state index contributed by atoms with van der Waals surface area (Å²) in [5.74, 6) is -0.931. The van der Waals surface area contributed by atoms with Gasteiger partial charge in [-0.2, -0.15) is 28.8 Å². The third kappa shape index (κ3) is 117. The number of carboxylic acid groups (broad SMARTS) is 1. The van der Waals surface area contributed by atoms with Crippen LogP contribution in [0.2, 0.25) is 0 Å². The van der Waals surface area contributed by atoms with Crippen molar-refractivity contribution in [1.29, 1.82) is 0 Å². The summed E-state index contributed by atoms with van der Waals surface area (Å²) in [5.41, 5.74) is 20.9. The second kappa shape index (κ2) is 86.1. The summed E-state index contributed by atoms with van der Waals surface area (Å²) in [4.78, 5) is 112. The molecule has 4 amide bonds. The Kier molecular flexibility index (Phi) is 97.5. The minimum absolute atomic E-state index is 0. The first-order chi connectivity index (χ1) is 41.5. The highest BCUT2D eigenvalue weighted by Gasteiger charge is 2.15. The van der Waals surface area contributed by atoms with Crippen molar-refractivity contribution in [1.82, 2.24) is 40.9 Å². The first-order valence-electron chi connectivity index (χ1n) is 28.8. The highest BCUT2D eigenvalue weighted by Crippen LogP contribution is 2.06. The van der Waals surface area contributed by atoms with Gasteiger partial charge in [-0.15, -0.1) is 0 Å². The largest absolute Gasteiger partial charge is 0.478 e. The number of carbonyl (C=O) groups is 5. The summed E-state index contributed by atoms with van der Waals surface area (Å²) in [7, 11) is 7.93. The zero-order valence-corrected chi connectivity index (χ0v) is 54.3. The van der Waals surface area contributed by atoms with Gasteiger partial charge in [0, 0.05) is 117 Å². The Balaban J connectivity index is -0.000000140. The molecular weight excluding hydrogens is 1130 g/mol. The van der Waals surface area contributed by atoms with Gasteiger partial charge in [-0.25, -0.2) is 9.59 Å². The zero-order valence-electron chi connectivity index (χ0n) is 54.3. The number of hydrogen-bond acceptors (Lipinski definition) is 20. The van der Waals surface area contributed by atoms with Crippen LogP contribution in [0.5, 0.6) is 0 Å². The Morgan fingerprint density at radius 2 is 0.727 bits per heavy atom. The molecule has 0 aromatic carbocycles. The first-order valence-corrected chi connectivity index (χ1v) is 28.8. The lowest BCUT2D eigenvalue weighted by atomic mass is 10.2. The van der Waals surface area contributed by atoms with Crippen molar-refractivity contribution in [2.75, 3.05) is 133 Å². The third-order valence-electron chi connectivity index (χ3n) is 9.69. The number of carboxylic acids is 1. The van der Waals surface area contributed by atoms with Crippen molar-refractivity contribution in [2.24, 2.45) is 22.9 Å². The van der Waals surface area contributed by atoms with E-state index in [4.69, 9.17) is 61.5 Å². The van der Waals surface area contributed by atoms with Crippen LogP contribution >= 0.6 is 0 Å². The zero-order chi connectivity index (χ0) is 68.1. The van der Waals surface area contributed by atoms with E-state index in [1.54, 1.807) is 19.1 Å². The first kappa shape index (κ1) is 99.6. The molecule has 0 saturated carbocycles. The van der Waals surface area contributed by atoms with E-state index in [0.29, 0.717) is 45.7 Å². The molecule has 0 aliphatic heterocycles. The summed E-state index contributed by atoms with van der Waals surface area (Å²) in [6, 6.07) is 0. The van der Waals surface area contributed by atoms with Gasteiger partial charge >= 0.3 is 30.5 Å². The Morgan fingerprint density at radius 3 is 1.00 bits per heavy atom. The molecule has 0 aliphatic carbocycles. The van der Waals surface area contributed by atoms with Crippen LogP contribution in [0.25, 0.3) is 0 Å². The SMILES string of the molecule is C.C/C=C/C(=O)NCCN(C)CCN.C/C=C/C(=O)NCCN(C)CCNC(=O)CC/C=C\C/C=C\C/C=C\C/C=C\C/C=C\C/C=C\CC.C/C=C/C(=O)O.CN(CCN)CCN.CN(CCN)CCNC(=O)OC(C)(C)C.O=C=O.O=C=O.O=C=O. The average molecular weight is 1250 g/mol. The number of ether oxygens (including phenoxy) is 1. The van der Waals surface area contributed by atoms with Gasteiger partial charge in [-0.05, 0) is 127 Å². The predicted octanol–water partition coefficient (Wildman–Crippen LogP) is 4.54. The molecule has 13 N–H and O–H groups in total. The highest BCUT2D eigenvalue weighted by atomic mass is 16.6. The predicted molar refractivity (Wildman–Crippen MR) is 351 cm³/mol. The molecule has 25 nitrogen and oxygen atoms in total. The van der Waals surface area contributed by atoms with E-state index in [9.17, 15) is 24.0 Å². The van der Waals surface area contributed by atoms with Crippen LogP contribution in [0.15, 0.2) is 109 Å². The van der Waals surface area contributed by atoms with Crippen LogP contribution in [0.4, 0.5) is 4.79 Å². The fourth-order valence-electron chi connectivity index (χ4n) is 5.62. The van der Waals surface area contributed by atoms with E-state index in [0.717, 1.165) is 116 Å². The molecule has 88 heavy (non-hydrogen) atoms. The molecule has 0 aromatic rings. The molecule has 0 bridgehead atoms. The Bertz CT molecular complexity index is 1970. The molecule has 0 atom stereocenters. The number of allylic oxidation sites excluding steroid dienone is 15. The fraction of sp³-hybridized carbons (Fsp3) is 0.587. The number of rotatable bonds is 37. The van der Waals surface area contributed by atoms with E-state index in [1.807, 2.05) is 62.8 Å². The third-order valence-corrected chi connectivity index (χ3v) is 9.69. The van der Waals surface area contributed by atoms with Gasteiger partial charge in [0.1, 0.15) is 5.60 Å².